The topological polar surface area (TPSA) is 32.5 Å². The monoisotopic (exact) mass is 337 g/mol. The van der Waals surface area contributed by atoms with E-state index in [4.69, 9.17) is 5.73 Å². The first-order valence-electron chi connectivity index (χ1n) is 7.63. The molecule has 1 aromatic carbocycles. The molecule has 0 bridgehead atoms. The summed E-state index contributed by atoms with van der Waals surface area (Å²) in [4.78, 5) is 5.20. The van der Waals surface area contributed by atoms with Crippen molar-refractivity contribution < 1.29 is 0 Å². The smallest absolute Gasteiger partial charge is 0.0482 e. The SMILES string of the molecule is Cc1ccc(C(CN)N2CCN(C3CC3)CC2)c(Br)c1. The minimum atomic E-state index is 0.339. The Hall–Kier alpha value is -0.420. The van der Waals surface area contributed by atoms with Gasteiger partial charge in [0.2, 0.25) is 0 Å². The van der Waals surface area contributed by atoms with Crippen LogP contribution in [0.15, 0.2) is 22.7 Å². The third kappa shape index (κ3) is 3.08. The molecule has 3 nitrogen and oxygen atoms in total. The van der Waals surface area contributed by atoms with Gasteiger partial charge in [0.05, 0.1) is 0 Å². The summed E-state index contributed by atoms with van der Waals surface area (Å²) in [6, 6.07) is 7.83. The van der Waals surface area contributed by atoms with E-state index in [1.165, 1.54) is 41.5 Å². The number of rotatable bonds is 4. The molecule has 1 saturated carbocycles. The van der Waals surface area contributed by atoms with Crippen LogP contribution in [0.5, 0.6) is 0 Å². The van der Waals surface area contributed by atoms with Crippen molar-refractivity contribution in [1.82, 2.24) is 9.80 Å². The van der Waals surface area contributed by atoms with Gasteiger partial charge in [0, 0.05) is 49.3 Å². The van der Waals surface area contributed by atoms with E-state index in [0.717, 1.165) is 19.1 Å². The van der Waals surface area contributed by atoms with Gasteiger partial charge in [-0.1, -0.05) is 28.1 Å². The van der Waals surface area contributed by atoms with Crippen molar-refractivity contribution in [3.63, 3.8) is 0 Å². The second-order valence-corrected chi connectivity index (χ2v) is 6.93. The average molecular weight is 338 g/mol. The van der Waals surface area contributed by atoms with Gasteiger partial charge in [-0.2, -0.15) is 0 Å². The Bertz CT molecular complexity index is 465. The van der Waals surface area contributed by atoms with Gasteiger partial charge >= 0.3 is 0 Å². The molecule has 2 fully saturated rings. The molecule has 3 rings (SSSR count). The van der Waals surface area contributed by atoms with E-state index >= 15 is 0 Å². The van der Waals surface area contributed by atoms with Gasteiger partial charge in [0.25, 0.3) is 0 Å². The van der Waals surface area contributed by atoms with Crippen molar-refractivity contribution in [2.45, 2.75) is 31.8 Å². The van der Waals surface area contributed by atoms with Gasteiger partial charge in [-0.05, 0) is 37.0 Å². The zero-order chi connectivity index (χ0) is 14.1. The Morgan fingerprint density at radius 2 is 1.95 bits per heavy atom. The Kier molecular flexibility index (Phi) is 4.46. The quantitative estimate of drug-likeness (QED) is 0.916. The van der Waals surface area contributed by atoms with E-state index in [1.807, 2.05) is 0 Å². The standard InChI is InChI=1S/C16H24BrN3/c1-12-2-5-14(15(17)10-12)16(11-18)20-8-6-19(7-9-20)13-3-4-13/h2,5,10,13,16H,3-4,6-9,11,18H2,1H3. The highest BCUT2D eigenvalue weighted by Crippen LogP contribution is 2.31. The number of piperazine rings is 1. The normalized spacial score (nSPS) is 22.9. The molecular formula is C16H24BrN3. The van der Waals surface area contributed by atoms with E-state index < -0.39 is 0 Å². The number of hydrogen-bond acceptors (Lipinski definition) is 3. The Morgan fingerprint density at radius 3 is 2.50 bits per heavy atom. The minimum Gasteiger partial charge on any atom is -0.329 e. The summed E-state index contributed by atoms with van der Waals surface area (Å²) in [5.74, 6) is 0. The van der Waals surface area contributed by atoms with Crippen molar-refractivity contribution in [2.24, 2.45) is 5.73 Å². The molecule has 1 aromatic rings. The van der Waals surface area contributed by atoms with Crippen molar-refractivity contribution >= 4 is 15.9 Å². The number of nitrogens with zero attached hydrogens (tertiary/aromatic N) is 2. The Labute approximate surface area is 130 Å². The number of benzene rings is 1. The van der Waals surface area contributed by atoms with E-state index in [-0.39, 0.29) is 0 Å². The van der Waals surface area contributed by atoms with Gasteiger partial charge in [-0.25, -0.2) is 0 Å². The second-order valence-electron chi connectivity index (χ2n) is 6.08. The van der Waals surface area contributed by atoms with Gasteiger partial charge in [-0.15, -0.1) is 0 Å². The third-order valence-electron chi connectivity index (χ3n) is 4.59. The number of aryl methyl sites for hydroxylation is 1. The summed E-state index contributed by atoms with van der Waals surface area (Å²) in [6.07, 6.45) is 2.81. The maximum atomic E-state index is 6.07. The molecule has 1 atom stereocenters. The summed E-state index contributed by atoms with van der Waals surface area (Å²) in [7, 11) is 0. The largest absolute Gasteiger partial charge is 0.329 e. The molecule has 2 aliphatic rings. The molecule has 4 heteroatoms. The van der Waals surface area contributed by atoms with Crippen LogP contribution in [-0.2, 0) is 0 Å². The lowest BCUT2D eigenvalue weighted by Crippen LogP contribution is -2.49. The van der Waals surface area contributed by atoms with Gasteiger partial charge in [0.15, 0.2) is 0 Å². The fraction of sp³-hybridized carbons (Fsp3) is 0.625. The molecule has 2 N–H and O–H groups in total. The highest BCUT2D eigenvalue weighted by atomic mass is 79.9. The molecule has 1 saturated heterocycles. The molecule has 20 heavy (non-hydrogen) atoms. The van der Waals surface area contributed by atoms with E-state index in [2.05, 4.69) is 50.9 Å². The Morgan fingerprint density at radius 1 is 1.25 bits per heavy atom. The first kappa shape index (κ1) is 14.5. The van der Waals surface area contributed by atoms with Gasteiger partial charge < -0.3 is 5.73 Å². The highest BCUT2D eigenvalue weighted by Gasteiger charge is 2.33. The lowest BCUT2D eigenvalue weighted by molar-refractivity contribution is 0.0936. The number of hydrogen-bond donors (Lipinski definition) is 1. The number of nitrogens with two attached hydrogens (primary N) is 1. The van der Waals surface area contributed by atoms with Crippen LogP contribution in [0, 0.1) is 6.92 Å². The molecule has 110 valence electrons. The summed E-state index contributed by atoms with van der Waals surface area (Å²) in [6.45, 7) is 7.48. The van der Waals surface area contributed by atoms with Crippen LogP contribution in [0.4, 0.5) is 0 Å². The van der Waals surface area contributed by atoms with Crippen molar-refractivity contribution in [2.75, 3.05) is 32.7 Å². The van der Waals surface area contributed by atoms with Gasteiger partial charge in [-0.3, -0.25) is 9.80 Å². The predicted molar refractivity (Wildman–Crippen MR) is 86.8 cm³/mol. The average Bonchev–Trinajstić information content (AvgIpc) is 3.27. The van der Waals surface area contributed by atoms with Crippen LogP contribution in [0.1, 0.15) is 30.0 Å². The zero-order valence-electron chi connectivity index (χ0n) is 12.2. The lowest BCUT2D eigenvalue weighted by Gasteiger charge is -2.39. The van der Waals surface area contributed by atoms with Crippen LogP contribution in [-0.4, -0.2) is 48.6 Å². The van der Waals surface area contributed by atoms with Crippen LogP contribution in [0.25, 0.3) is 0 Å². The second kappa shape index (κ2) is 6.14. The maximum Gasteiger partial charge on any atom is 0.0482 e. The van der Waals surface area contributed by atoms with Crippen molar-refractivity contribution in [1.29, 1.82) is 0 Å². The van der Waals surface area contributed by atoms with E-state index in [1.54, 1.807) is 0 Å². The van der Waals surface area contributed by atoms with Crippen LogP contribution < -0.4 is 5.73 Å². The maximum absolute atomic E-state index is 6.07. The van der Waals surface area contributed by atoms with Gasteiger partial charge in [0.1, 0.15) is 0 Å². The van der Waals surface area contributed by atoms with Crippen LogP contribution >= 0.6 is 15.9 Å². The number of halogens is 1. The van der Waals surface area contributed by atoms with Crippen LogP contribution in [0.3, 0.4) is 0 Å². The first-order valence-corrected chi connectivity index (χ1v) is 8.42. The summed E-state index contributed by atoms with van der Waals surface area (Å²) in [5, 5.41) is 0. The fourth-order valence-corrected chi connectivity index (χ4v) is 3.99. The van der Waals surface area contributed by atoms with Crippen molar-refractivity contribution in [3.8, 4) is 0 Å². The summed E-state index contributed by atoms with van der Waals surface area (Å²) >= 11 is 3.71. The fourth-order valence-electron chi connectivity index (χ4n) is 3.23. The first-order chi connectivity index (χ1) is 9.69. The lowest BCUT2D eigenvalue weighted by atomic mass is 10.0. The molecule has 0 radical (unpaired) electrons. The molecule has 0 aromatic heterocycles. The molecule has 1 unspecified atom stereocenters. The summed E-state index contributed by atoms with van der Waals surface area (Å²) < 4.78 is 1.19. The Balaban J connectivity index is 1.69. The van der Waals surface area contributed by atoms with Crippen molar-refractivity contribution in [3.05, 3.63) is 33.8 Å². The van der Waals surface area contributed by atoms with E-state index in [0.29, 0.717) is 12.6 Å². The molecule has 0 spiro atoms. The molecule has 1 heterocycles. The third-order valence-corrected chi connectivity index (χ3v) is 5.28. The zero-order valence-corrected chi connectivity index (χ0v) is 13.8. The summed E-state index contributed by atoms with van der Waals surface area (Å²) in [5.41, 5.74) is 8.69. The minimum absolute atomic E-state index is 0.339. The van der Waals surface area contributed by atoms with E-state index in [9.17, 15) is 0 Å². The molecular weight excluding hydrogens is 314 g/mol. The molecule has 0 amide bonds. The highest BCUT2D eigenvalue weighted by molar-refractivity contribution is 9.10. The predicted octanol–water partition coefficient (Wildman–Crippen LogP) is 2.54. The molecule has 1 aliphatic carbocycles. The van der Waals surface area contributed by atoms with Crippen LogP contribution in [0.2, 0.25) is 0 Å². The molecule has 1 aliphatic heterocycles.